The van der Waals surface area contributed by atoms with Gasteiger partial charge in [-0.05, 0) is 31.0 Å². The maximum atomic E-state index is 13.9. The molecule has 0 atom stereocenters. The lowest BCUT2D eigenvalue weighted by molar-refractivity contribution is 0.0496. The minimum absolute atomic E-state index is 0.211. The zero-order valence-electron chi connectivity index (χ0n) is 20.1. The van der Waals surface area contributed by atoms with E-state index in [1.165, 1.54) is 28.8 Å². The molecule has 1 fully saturated rings. The number of hydrogen-bond acceptors (Lipinski definition) is 8. The largest absolute Gasteiger partial charge is 0.486 e. The molecule has 2 aliphatic heterocycles. The zero-order valence-corrected chi connectivity index (χ0v) is 20.1. The van der Waals surface area contributed by atoms with Crippen molar-refractivity contribution in [1.82, 2.24) is 19.8 Å². The molecule has 0 saturated carbocycles. The van der Waals surface area contributed by atoms with E-state index in [-0.39, 0.29) is 23.8 Å². The SMILES string of the molecule is N#Cc1cc(=O)n(CCN2CCC(OC(=O)NCc3cc4c(cn3)OCCO4)CC2)c2cc(F)ccc12. The maximum absolute atomic E-state index is 13.9. The smallest absolute Gasteiger partial charge is 0.407 e. The normalized spacial score (nSPS) is 15.8. The molecule has 11 heteroatoms. The van der Waals surface area contributed by atoms with E-state index in [9.17, 15) is 19.2 Å². The number of rotatable bonds is 6. The lowest BCUT2D eigenvalue weighted by atomic mass is 10.1. The summed E-state index contributed by atoms with van der Waals surface area (Å²) in [5, 5.41) is 12.6. The Kier molecular flexibility index (Phi) is 7.18. The Hall–Kier alpha value is -4.17. The Labute approximate surface area is 212 Å². The highest BCUT2D eigenvalue weighted by Crippen LogP contribution is 2.29. The highest BCUT2D eigenvalue weighted by molar-refractivity contribution is 5.85. The van der Waals surface area contributed by atoms with Gasteiger partial charge in [-0.25, -0.2) is 9.18 Å². The van der Waals surface area contributed by atoms with Crippen LogP contribution in [0.2, 0.25) is 0 Å². The first kappa shape index (κ1) is 24.5. The number of piperidine rings is 1. The number of likely N-dealkylation sites (tertiary alicyclic amines) is 1. The second-order valence-corrected chi connectivity index (χ2v) is 8.94. The van der Waals surface area contributed by atoms with Gasteiger partial charge in [-0.15, -0.1) is 0 Å². The van der Waals surface area contributed by atoms with Gasteiger partial charge in [0.2, 0.25) is 0 Å². The summed E-state index contributed by atoms with van der Waals surface area (Å²) in [6.07, 6.45) is 2.18. The number of carbonyl (C=O) groups is 1. The van der Waals surface area contributed by atoms with Crippen molar-refractivity contribution < 1.29 is 23.4 Å². The number of amides is 1. The molecule has 5 rings (SSSR count). The van der Waals surface area contributed by atoms with Crippen LogP contribution in [0.4, 0.5) is 9.18 Å². The predicted octanol–water partition coefficient (Wildman–Crippen LogP) is 2.57. The fraction of sp³-hybridized carbons (Fsp3) is 0.385. The second kappa shape index (κ2) is 10.8. The quantitative estimate of drug-likeness (QED) is 0.541. The van der Waals surface area contributed by atoms with Crippen molar-refractivity contribution in [3.05, 3.63) is 64.0 Å². The predicted molar refractivity (Wildman–Crippen MR) is 131 cm³/mol. The average molecular weight is 508 g/mol. The van der Waals surface area contributed by atoms with Gasteiger partial charge in [0, 0.05) is 43.7 Å². The van der Waals surface area contributed by atoms with Crippen LogP contribution in [0.3, 0.4) is 0 Å². The van der Waals surface area contributed by atoms with Crippen molar-refractivity contribution in [2.24, 2.45) is 0 Å². The molecule has 1 aromatic carbocycles. The zero-order chi connectivity index (χ0) is 25.8. The summed E-state index contributed by atoms with van der Waals surface area (Å²) < 4.78 is 31.9. The van der Waals surface area contributed by atoms with E-state index >= 15 is 0 Å². The summed E-state index contributed by atoms with van der Waals surface area (Å²) in [5.74, 6) is 0.741. The maximum Gasteiger partial charge on any atom is 0.407 e. The number of halogens is 1. The fourth-order valence-corrected chi connectivity index (χ4v) is 4.61. The van der Waals surface area contributed by atoms with Crippen molar-refractivity contribution in [3.63, 3.8) is 0 Å². The Morgan fingerprint density at radius 2 is 1.95 bits per heavy atom. The lowest BCUT2D eigenvalue weighted by Gasteiger charge is -2.31. The Bertz CT molecular complexity index is 1410. The first-order valence-corrected chi connectivity index (χ1v) is 12.1. The third kappa shape index (κ3) is 5.65. The van der Waals surface area contributed by atoms with Crippen molar-refractivity contribution in [1.29, 1.82) is 5.26 Å². The number of nitrogens with zero attached hydrogens (tertiary/aromatic N) is 4. The van der Waals surface area contributed by atoms with Gasteiger partial charge in [0.15, 0.2) is 11.5 Å². The second-order valence-electron chi connectivity index (χ2n) is 8.94. The van der Waals surface area contributed by atoms with Gasteiger partial charge in [-0.1, -0.05) is 0 Å². The Morgan fingerprint density at radius 1 is 1.16 bits per heavy atom. The molecule has 2 aliphatic rings. The minimum Gasteiger partial charge on any atom is -0.486 e. The molecule has 1 amide bonds. The molecule has 1 N–H and O–H groups in total. The molecule has 0 bridgehead atoms. The van der Waals surface area contributed by atoms with Crippen LogP contribution in [0.1, 0.15) is 24.1 Å². The van der Waals surface area contributed by atoms with Gasteiger partial charge in [-0.2, -0.15) is 5.26 Å². The highest BCUT2D eigenvalue weighted by atomic mass is 19.1. The number of nitrogens with one attached hydrogen (secondary N) is 1. The van der Waals surface area contributed by atoms with Gasteiger partial charge in [0.05, 0.1) is 29.5 Å². The molecule has 2 aromatic heterocycles. The number of ether oxygens (including phenoxy) is 3. The van der Waals surface area contributed by atoms with Crippen LogP contribution in [0, 0.1) is 17.1 Å². The molecule has 0 aliphatic carbocycles. The molecule has 3 aromatic rings. The molecule has 37 heavy (non-hydrogen) atoms. The van der Waals surface area contributed by atoms with Gasteiger partial charge in [-0.3, -0.25) is 9.78 Å². The molecule has 0 radical (unpaired) electrons. The van der Waals surface area contributed by atoms with E-state index in [2.05, 4.69) is 15.2 Å². The Balaban J connectivity index is 1.10. The third-order valence-corrected chi connectivity index (χ3v) is 6.54. The molecular formula is C26H26FN5O5. The van der Waals surface area contributed by atoms with Crippen LogP contribution in [-0.4, -0.2) is 59.5 Å². The van der Waals surface area contributed by atoms with Crippen LogP contribution in [0.25, 0.3) is 10.9 Å². The summed E-state index contributed by atoms with van der Waals surface area (Å²) >= 11 is 0. The van der Waals surface area contributed by atoms with E-state index in [1.807, 2.05) is 6.07 Å². The van der Waals surface area contributed by atoms with Crippen LogP contribution in [0.15, 0.2) is 41.3 Å². The molecule has 1 saturated heterocycles. The molecule has 10 nitrogen and oxygen atoms in total. The van der Waals surface area contributed by atoms with E-state index < -0.39 is 11.9 Å². The highest BCUT2D eigenvalue weighted by Gasteiger charge is 2.23. The van der Waals surface area contributed by atoms with E-state index in [0.29, 0.717) is 80.3 Å². The number of pyridine rings is 2. The number of carbonyl (C=O) groups excluding carboxylic acids is 1. The van der Waals surface area contributed by atoms with Gasteiger partial charge in [0.1, 0.15) is 31.2 Å². The Morgan fingerprint density at radius 3 is 2.73 bits per heavy atom. The summed E-state index contributed by atoms with van der Waals surface area (Å²) in [7, 11) is 0. The number of aromatic nitrogens is 2. The van der Waals surface area contributed by atoms with Gasteiger partial charge < -0.3 is 29.0 Å². The van der Waals surface area contributed by atoms with Crippen molar-refractivity contribution in [3.8, 4) is 17.6 Å². The summed E-state index contributed by atoms with van der Waals surface area (Å²) in [6, 6.07) is 9.13. The number of benzene rings is 1. The van der Waals surface area contributed by atoms with Crippen LogP contribution < -0.4 is 20.3 Å². The number of hydrogen-bond donors (Lipinski definition) is 1. The van der Waals surface area contributed by atoms with Gasteiger partial charge >= 0.3 is 6.09 Å². The van der Waals surface area contributed by atoms with Crippen LogP contribution in [-0.2, 0) is 17.8 Å². The van der Waals surface area contributed by atoms with Crippen molar-refractivity contribution in [2.75, 3.05) is 32.8 Å². The van der Waals surface area contributed by atoms with E-state index in [1.54, 1.807) is 12.3 Å². The van der Waals surface area contributed by atoms with Gasteiger partial charge in [0.25, 0.3) is 5.56 Å². The van der Waals surface area contributed by atoms with Crippen LogP contribution >= 0.6 is 0 Å². The standard InChI is InChI=1S/C26H26FN5O5/c27-18-1-2-21-17(14-28)11-25(33)32(22(21)12-18)8-7-31-5-3-20(4-6-31)37-26(34)30-15-19-13-23-24(16-29-19)36-10-9-35-23/h1-2,11-13,16,20H,3-10,15H2,(H,30,34). The molecule has 192 valence electrons. The number of fused-ring (bicyclic) bond motifs is 2. The summed E-state index contributed by atoms with van der Waals surface area (Å²) in [4.78, 5) is 31.3. The third-order valence-electron chi connectivity index (χ3n) is 6.54. The molecule has 0 spiro atoms. The number of nitriles is 1. The van der Waals surface area contributed by atoms with Crippen LogP contribution in [0.5, 0.6) is 11.5 Å². The first-order chi connectivity index (χ1) is 18.0. The monoisotopic (exact) mass is 507 g/mol. The average Bonchev–Trinajstić information content (AvgIpc) is 2.91. The fourth-order valence-electron chi connectivity index (χ4n) is 4.61. The van der Waals surface area contributed by atoms with E-state index in [4.69, 9.17) is 14.2 Å². The molecule has 4 heterocycles. The summed E-state index contributed by atoms with van der Waals surface area (Å²) in [6.45, 7) is 3.50. The first-order valence-electron chi connectivity index (χ1n) is 12.1. The summed E-state index contributed by atoms with van der Waals surface area (Å²) in [5.41, 5.74) is 0.946. The lowest BCUT2D eigenvalue weighted by Crippen LogP contribution is -2.41. The van der Waals surface area contributed by atoms with Crippen molar-refractivity contribution >= 4 is 17.0 Å². The van der Waals surface area contributed by atoms with E-state index in [0.717, 1.165) is 0 Å². The minimum atomic E-state index is -0.507. The topological polar surface area (TPSA) is 119 Å². The molecular weight excluding hydrogens is 481 g/mol. The molecule has 0 unspecified atom stereocenters. The van der Waals surface area contributed by atoms with Crippen molar-refractivity contribution in [2.45, 2.75) is 32.0 Å². The number of alkyl carbamates (subject to hydrolysis) is 1.